The zero-order chi connectivity index (χ0) is 15.0. The molecule has 1 unspecified atom stereocenters. The second-order valence-corrected chi connectivity index (χ2v) is 6.00. The van der Waals surface area contributed by atoms with E-state index in [1.54, 1.807) is 12.0 Å². The first kappa shape index (κ1) is 14.1. The molecule has 3 rings (SSSR count). The van der Waals surface area contributed by atoms with E-state index in [2.05, 4.69) is 15.9 Å². The summed E-state index contributed by atoms with van der Waals surface area (Å²) in [5.41, 5.74) is 3.19. The molecule has 0 radical (unpaired) electrons. The lowest BCUT2D eigenvalue weighted by Crippen LogP contribution is -2.38. The zero-order valence-electron chi connectivity index (χ0n) is 12.0. The minimum Gasteiger partial charge on any atom is -0.495 e. The van der Waals surface area contributed by atoms with Crippen LogP contribution in [0.15, 0.2) is 46.9 Å². The number of ether oxygens (including phenoxy) is 1. The Labute approximate surface area is 132 Å². The van der Waals surface area contributed by atoms with Crippen molar-refractivity contribution in [3.8, 4) is 5.75 Å². The molecule has 1 heterocycles. The normalized spacial score (nSPS) is 17.6. The molecular weight excluding hydrogens is 330 g/mol. The molecule has 21 heavy (non-hydrogen) atoms. The Hall–Kier alpha value is -1.81. The number of carbonyl (C=O) groups is 1. The highest BCUT2D eigenvalue weighted by atomic mass is 79.9. The lowest BCUT2D eigenvalue weighted by atomic mass is 9.87. The van der Waals surface area contributed by atoms with Gasteiger partial charge in [0.05, 0.1) is 24.0 Å². The van der Waals surface area contributed by atoms with Gasteiger partial charge in [0, 0.05) is 12.6 Å². The highest BCUT2D eigenvalue weighted by Crippen LogP contribution is 2.43. The molecule has 1 aliphatic rings. The van der Waals surface area contributed by atoms with Crippen LogP contribution in [-0.2, 0) is 11.2 Å². The maximum atomic E-state index is 12.3. The monoisotopic (exact) mass is 345 g/mol. The minimum absolute atomic E-state index is 0.116. The smallest absolute Gasteiger partial charge is 0.227 e. The molecule has 2 aromatic carbocycles. The molecule has 2 aromatic rings. The van der Waals surface area contributed by atoms with Gasteiger partial charge in [-0.1, -0.05) is 36.4 Å². The van der Waals surface area contributed by atoms with Crippen molar-refractivity contribution in [3.63, 3.8) is 0 Å². The van der Waals surface area contributed by atoms with Crippen molar-refractivity contribution in [2.75, 3.05) is 14.2 Å². The summed E-state index contributed by atoms with van der Waals surface area (Å²) in [6.07, 6.45) is 0.415. The van der Waals surface area contributed by atoms with E-state index in [9.17, 15) is 4.79 Å². The van der Waals surface area contributed by atoms with Gasteiger partial charge in [-0.05, 0) is 33.1 Å². The summed E-state index contributed by atoms with van der Waals surface area (Å²) >= 11 is 3.54. The maximum Gasteiger partial charge on any atom is 0.227 e. The molecule has 0 aliphatic carbocycles. The fourth-order valence-electron chi connectivity index (χ4n) is 2.93. The zero-order valence-corrected chi connectivity index (χ0v) is 13.6. The number of methoxy groups -OCH3 is 1. The molecule has 1 atom stereocenters. The summed E-state index contributed by atoms with van der Waals surface area (Å²) in [5.74, 6) is 0.932. The van der Waals surface area contributed by atoms with Gasteiger partial charge in [0.25, 0.3) is 0 Å². The van der Waals surface area contributed by atoms with Crippen LogP contribution in [0.5, 0.6) is 5.75 Å². The van der Waals surface area contributed by atoms with Gasteiger partial charge in [-0.25, -0.2) is 0 Å². The highest BCUT2D eigenvalue weighted by Gasteiger charge is 2.34. The molecule has 0 fully saturated rings. The fraction of sp³-hybridized carbons (Fsp3) is 0.235. The van der Waals surface area contributed by atoms with Crippen LogP contribution in [0.2, 0.25) is 0 Å². The van der Waals surface area contributed by atoms with E-state index in [-0.39, 0.29) is 11.9 Å². The fourth-order valence-corrected chi connectivity index (χ4v) is 3.43. The Kier molecular flexibility index (Phi) is 3.72. The van der Waals surface area contributed by atoms with E-state index in [4.69, 9.17) is 4.74 Å². The first-order valence-electron chi connectivity index (χ1n) is 6.79. The minimum atomic E-state index is -0.116. The molecule has 0 N–H and O–H groups in total. The van der Waals surface area contributed by atoms with E-state index in [0.29, 0.717) is 6.42 Å². The summed E-state index contributed by atoms with van der Waals surface area (Å²) in [4.78, 5) is 14.1. The third-order valence-corrected chi connectivity index (χ3v) is 4.58. The van der Waals surface area contributed by atoms with Crippen LogP contribution < -0.4 is 4.74 Å². The summed E-state index contributed by atoms with van der Waals surface area (Å²) in [6, 6.07) is 13.9. The highest BCUT2D eigenvalue weighted by molar-refractivity contribution is 9.10. The van der Waals surface area contributed by atoms with Crippen molar-refractivity contribution < 1.29 is 9.53 Å². The second-order valence-electron chi connectivity index (χ2n) is 5.15. The third-order valence-electron chi connectivity index (χ3n) is 3.95. The van der Waals surface area contributed by atoms with Crippen molar-refractivity contribution in [3.05, 3.63) is 63.6 Å². The van der Waals surface area contributed by atoms with Gasteiger partial charge < -0.3 is 9.64 Å². The number of hydrogen-bond donors (Lipinski definition) is 0. The number of rotatable bonds is 2. The molecule has 0 aromatic heterocycles. The average molecular weight is 346 g/mol. The Morgan fingerprint density at radius 3 is 2.57 bits per heavy atom. The quantitative estimate of drug-likeness (QED) is 0.832. The molecular formula is C17H16BrNO2. The molecule has 0 saturated carbocycles. The van der Waals surface area contributed by atoms with Gasteiger partial charge in [0.1, 0.15) is 5.75 Å². The van der Waals surface area contributed by atoms with Gasteiger partial charge in [-0.2, -0.15) is 0 Å². The van der Waals surface area contributed by atoms with Crippen LogP contribution in [0.1, 0.15) is 22.7 Å². The van der Waals surface area contributed by atoms with Crippen LogP contribution in [0.25, 0.3) is 0 Å². The van der Waals surface area contributed by atoms with Gasteiger partial charge in [0.15, 0.2) is 0 Å². The van der Waals surface area contributed by atoms with E-state index in [1.807, 2.05) is 49.5 Å². The number of carbonyl (C=O) groups excluding carboxylic acids is 1. The van der Waals surface area contributed by atoms with Crippen molar-refractivity contribution in [1.82, 2.24) is 4.90 Å². The molecule has 0 spiro atoms. The summed E-state index contributed by atoms with van der Waals surface area (Å²) in [5, 5.41) is 0. The number of likely N-dealkylation sites (N-methyl/N-ethyl adjacent to an activating group) is 1. The summed E-state index contributed by atoms with van der Waals surface area (Å²) < 4.78 is 6.50. The Balaban J connectivity index is 2.25. The molecule has 0 saturated heterocycles. The first-order chi connectivity index (χ1) is 10.1. The maximum absolute atomic E-state index is 12.3. The summed E-state index contributed by atoms with van der Waals surface area (Å²) in [6.45, 7) is 0. The molecule has 1 amide bonds. The number of fused-ring (bicyclic) bond motifs is 1. The Bertz CT molecular complexity index is 685. The van der Waals surface area contributed by atoms with Crippen molar-refractivity contribution in [2.24, 2.45) is 0 Å². The topological polar surface area (TPSA) is 29.5 Å². The number of benzene rings is 2. The Morgan fingerprint density at radius 2 is 1.90 bits per heavy atom. The predicted molar refractivity (Wildman–Crippen MR) is 85.5 cm³/mol. The second kappa shape index (κ2) is 5.53. The van der Waals surface area contributed by atoms with Crippen molar-refractivity contribution in [1.29, 1.82) is 0 Å². The number of halogens is 1. The lowest BCUT2D eigenvalue weighted by molar-refractivity contribution is -0.131. The number of nitrogens with zero attached hydrogens (tertiary/aromatic N) is 1. The average Bonchev–Trinajstić information content (AvgIpc) is 2.50. The largest absolute Gasteiger partial charge is 0.495 e. The van der Waals surface area contributed by atoms with Crippen LogP contribution in [0.3, 0.4) is 0 Å². The summed E-state index contributed by atoms with van der Waals surface area (Å²) in [7, 11) is 3.52. The van der Waals surface area contributed by atoms with Crippen LogP contribution in [0.4, 0.5) is 0 Å². The van der Waals surface area contributed by atoms with E-state index >= 15 is 0 Å². The van der Waals surface area contributed by atoms with Crippen LogP contribution in [-0.4, -0.2) is 25.0 Å². The first-order valence-corrected chi connectivity index (χ1v) is 7.58. The molecule has 108 valence electrons. The van der Waals surface area contributed by atoms with Crippen molar-refractivity contribution >= 4 is 21.8 Å². The van der Waals surface area contributed by atoms with Crippen LogP contribution >= 0.6 is 15.9 Å². The van der Waals surface area contributed by atoms with Crippen LogP contribution in [0, 0.1) is 0 Å². The third kappa shape index (κ3) is 2.33. The molecule has 0 bridgehead atoms. The standard InChI is InChI=1S/C17H16BrNO2/c1-19-14(20)10-12-8-9-13(18)17(21-2)15(12)16(19)11-6-4-3-5-7-11/h3-9,16H,10H2,1-2H3. The van der Waals surface area contributed by atoms with Gasteiger partial charge in [-0.3, -0.25) is 4.79 Å². The predicted octanol–water partition coefficient (Wildman–Crippen LogP) is 3.56. The van der Waals surface area contributed by atoms with E-state index < -0.39 is 0 Å². The van der Waals surface area contributed by atoms with Gasteiger partial charge in [0.2, 0.25) is 5.91 Å². The van der Waals surface area contributed by atoms with Gasteiger partial charge in [-0.15, -0.1) is 0 Å². The molecule has 3 nitrogen and oxygen atoms in total. The van der Waals surface area contributed by atoms with E-state index in [0.717, 1.165) is 26.9 Å². The SMILES string of the molecule is COc1c(Br)ccc2c1C(c1ccccc1)N(C)C(=O)C2. The lowest BCUT2D eigenvalue weighted by Gasteiger charge is -2.36. The molecule has 4 heteroatoms. The Morgan fingerprint density at radius 1 is 1.19 bits per heavy atom. The van der Waals surface area contributed by atoms with Crippen molar-refractivity contribution in [2.45, 2.75) is 12.5 Å². The number of hydrogen-bond acceptors (Lipinski definition) is 2. The van der Waals surface area contributed by atoms with E-state index in [1.165, 1.54) is 0 Å². The molecule has 1 aliphatic heterocycles. The van der Waals surface area contributed by atoms with Gasteiger partial charge >= 0.3 is 0 Å². The number of amides is 1.